The van der Waals surface area contributed by atoms with Crippen molar-refractivity contribution in [2.45, 2.75) is 26.3 Å². The number of H-pyrrole nitrogens is 1. The maximum Gasteiger partial charge on any atom is 0.328 e. The van der Waals surface area contributed by atoms with Gasteiger partial charge in [0.25, 0.3) is 5.56 Å². The second-order valence-corrected chi connectivity index (χ2v) is 5.20. The molecule has 2 rings (SSSR count). The van der Waals surface area contributed by atoms with Crippen molar-refractivity contribution in [3.8, 4) is 0 Å². The van der Waals surface area contributed by atoms with Gasteiger partial charge in [-0.05, 0) is 12.8 Å². The highest BCUT2D eigenvalue weighted by molar-refractivity contribution is 7.09. The van der Waals surface area contributed by atoms with Gasteiger partial charge >= 0.3 is 5.69 Å². The van der Waals surface area contributed by atoms with Gasteiger partial charge in [-0.15, -0.1) is 11.3 Å². The second-order valence-electron chi connectivity index (χ2n) is 3.85. The molecule has 18 heavy (non-hydrogen) atoms. The lowest BCUT2D eigenvalue weighted by molar-refractivity contribution is 0.705. The maximum atomic E-state index is 11.6. The van der Waals surface area contributed by atoms with E-state index in [1.807, 2.05) is 5.38 Å². The average molecular weight is 286 g/mol. The predicted octanol–water partition coefficient (Wildman–Crippen LogP) is 1.65. The van der Waals surface area contributed by atoms with Crippen LogP contribution in [0.15, 0.2) is 21.2 Å². The van der Waals surface area contributed by atoms with Crippen LogP contribution >= 0.6 is 22.9 Å². The summed E-state index contributed by atoms with van der Waals surface area (Å²) in [5, 5.41) is 2.96. The molecule has 0 atom stereocenters. The highest BCUT2D eigenvalue weighted by Crippen LogP contribution is 2.12. The Labute approximate surface area is 112 Å². The molecule has 1 N–H and O–H groups in total. The van der Waals surface area contributed by atoms with Gasteiger partial charge in [-0.3, -0.25) is 14.3 Å². The van der Waals surface area contributed by atoms with Crippen LogP contribution in [0.2, 0.25) is 5.02 Å². The molecule has 0 unspecified atom stereocenters. The van der Waals surface area contributed by atoms with E-state index in [9.17, 15) is 9.59 Å². The predicted molar refractivity (Wildman–Crippen MR) is 71.5 cm³/mol. The van der Waals surface area contributed by atoms with Crippen LogP contribution in [0.3, 0.4) is 0 Å². The Bertz CT molecular complexity index is 659. The number of halogens is 1. The minimum Gasteiger partial charge on any atom is -0.293 e. The van der Waals surface area contributed by atoms with Crippen LogP contribution in [-0.2, 0) is 13.0 Å². The van der Waals surface area contributed by atoms with Crippen LogP contribution in [0.5, 0.6) is 0 Å². The monoisotopic (exact) mass is 285 g/mol. The molecule has 0 aliphatic carbocycles. The zero-order chi connectivity index (χ0) is 13.1. The quantitative estimate of drug-likeness (QED) is 0.929. The normalized spacial score (nSPS) is 10.8. The molecule has 2 aromatic heterocycles. The van der Waals surface area contributed by atoms with E-state index in [2.05, 4.69) is 16.9 Å². The van der Waals surface area contributed by atoms with Crippen LogP contribution in [0.1, 0.15) is 24.0 Å². The van der Waals surface area contributed by atoms with Crippen LogP contribution < -0.4 is 11.2 Å². The van der Waals surface area contributed by atoms with Gasteiger partial charge in [0, 0.05) is 11.6 Å². The fourth-order valence-electron chi connectivity index (χ4n) is 1.52. The third-order valence-corrected chi connectivity index (χ3v) is 3.59. The Morgan fingerprint density at radius 3 is 3.00 bits per heavy atom. The van der Waals surface area contributed by atoms with Gasteiger partial charge < -0.3 is 0 Å². The summed E-state index contributed by atoms with van der Waals surface area (Å²) in [6.45, 7) is 2.41. The lowest BCUT2D eigenvalue weighted by Crippen LogP contribution is -2.30. The van der Waals surface area contributed by atoms with Crippen LogP contribution in [0, 0.1) is 0 Å². The molecule has 2 aromatic rings. The molecule has 0 aliphatic heterocycles. The number of aromatic nitrogens is 3. The van der Waals surface area contributed by atoms with E-state index < -0.39 is 11.2 Å². The maximum absolute atomic E-state index is 11.6. The summed E-state index contributed by atoms with van der Waals surface area (Å²) in [6, 6.07) is 0. The lowest BCUT2D eigenvalue weighted by atomic mass is 10.3. The molecule has 0 bridgehead atoms. The molecule has 0 aliphatic rings. The molecule has 0 fully saturated rings. The highest BCUT2D eigenvalue weighted by atomic mass is 35.5. The van der Waals surface area contributed by atoms with Gasteiger partial charge in [0.2, 0.25) is 0 Å². The third kappa shape index (κ3) is 2.88. The summed E-state index contributed by atoms with van der Waals surface area (Å²) in [7, 11) is 0. The van der Waals surface area contributed by atoms with Gasteiger partial charge in [-0.2, -0.15) is 0 Å². The third-order valence-electron chi connectivity index (χ3n) is 2.36. The summed E-state index contributed by atoms with van der Waals surface area (Å²) < 4.78 is 1.34. The van der Waals surface area contributed by atoms with Gasteiger partial charge in [-0.1, -0.05) is 18.5 Å². The molecule has 7 heteroatoms. The molecule has 0 aromatic carbocycles. The molecule has 0 saturated carbocycles. The van der Waals surface area contributed by atoms with Crippen LogP contribution in [0.25, 0.3) is 0 Å². The zero-order valence-electron chi connectivity index (χ0n) is 9.77. The number of aromatic amines is 1. The first-order valence-electron chi connectivity index (χ1n) is 5.52. The molecular formula is C11H12ClN3O2S. The number of aryl methyl sites for hydroxylation is 1. The first kappa shape index (κ1) is 13.0. The van der Waals surface area contributed by atoms with E-state index in [4.69, 9.17) is 11.6 Å². The molecular weight excluding hydrogens is 274 g/mol. The number of hydrogen-bond acceptors (Lipinski definition) is 4. The Morgan fingerprint density at radius 1 is 1.50 bits per heavy atom. The van der Waals surface area contributed by atoms with Gasteiger partial charge in [0.15, 0.2) is 0 Å². The van der Waals surface area contributed by atoms with E-state index in [1.165, 1.54) is 10.8 Å². The molecule has 2 heterocycles. The SMILES string of the molecule is CCCc1nc(Cn2cc(Cl)c(=O)[nH]c2=O)cs1. The Kier molecular flexibility index (Phi) is 3.98. The van der Waals surface area contributed by atoms with E-state index >= 15 is 0 Å². The van der Waals surface area contributed by atoms with Gasteiger partial charge in [-0.25, -0.2) is 9.78 Å². The van der Waals surface area contributed by atoms with Crippen molar-refractivity contribution in [1.29, 1.82) is 0 Å². The molecule has 0 amide bonds. The highest BCUT2D eigenvalue weighted by Gasteiger charge is 2.06. The lowest BCUT2D eigenvalue weighted by Gasteiger charge is -2.02. The topological polar surface area (TPSA) is 67.8 Å². The van der Waals surface area contributed by atoms with E-state index in [0.717, 1.165) is 23.5 Å². The van der Waals surface area contributed by atoms with Crippen molar-refractivity contribution >= 4 is 22.9 Å². The van der Waals surface area contributed by atoms with Crippen molar-refractivity contribution in [3.63, 3.8) is 0 Å². The van der Waals surface area contributed by atoms with Crippen molar-refractivity contribution in [2.24, 2.45) is 0 Å². The van der Waals surface area contributed by atoms with E-state index in [-0.39, 0.29) is 5.02 Å². The number of thiazole rings is 1. The smallest absolute Gasteiger partial charge is 0.293 e. The number of nitrogens with one attached hydrogen (secondary N) is 1. The fraction of sp³-hybridized carbons (Fsp3) is 0.364. The Balaban J connectivity index is 2.25. The molecule has 0 saturated heterocycles. The van der Waals surface area contributed by atoms with Crippen molar-refractivity contribution in [2.75, 3.05) is 0 Å². The first-order chi connectivity index (χ1) is 8.60. The molecule has 0 spiro atoms. The summed E-state index contributed by atoms with van der Waals surface area (Å²) in [5.74, 6) is 0. The summed E-state index contributed by atoms with van der Waals surface area (Å²) in [6.07, 6.45) is 3.31. The standard InChI is InChI=1S/C11H12ClN3O2S/c1-2-3-9-13-7(6-18-9)4-15-5-8(12)10(16)14-11(15)17/h5-6H,2-4H2,1H3,(H,14,16,17). The van der Waals surface area contributed by atoms with E-state index in [1.54, 1.807) is 11.3 Å². The van der Waals surface area contributed by atoms with Gasteiger partial charge in [0.1, 0.15) is 5.02 Å². The first-order valence-corrected chi connectivity index (χ1v) is 6.78. The Hall–Kier alpha value is -1.40. The number of rotatable bonds is 4. The van der Waals surface area contributed by atoms with Gasteiger partial charge in [0.05, 0.1) is 17.2 Å². The van der Waals surface area contributed by atoms with Crippen LogP contribution in [-0.4, -0.2) is 14.5 Å². The average Bonchev–Trinajstić information content (AvgIpc) is 2.74. The van der Waals surface area contributed by atoms with Crippen molar-refractivity contribution < 1.29 is 0 Å². The summed E-state index contributed by atoms with van der Waals surface area (Å²) in [5.41, 5.74) is -0.244. The minimum atomic E-state index is -0.567. The van der Waals surface area contributed by atoms with Crippen molar-refractivity contribution in [3.05, 3.63) is 48.1 Å². The molecule has 96 valence electrons. The van der Waals surface area contributed by atoms with Crippen molar-refractivity contribution in [1.82, 2.24) is 14.5 Å². The fourth-order valence-corrected chi connectivity index (χ4v) is 2.58. The second kappa shape index (κ2) is 5.49. The number of hydrogen-bond donors (Lipinski definition) is 1. The minimum absolute atomic E-state index is 0.00129. The summed E-state index contributed by atoms with van der Waals surface area (Å²) >= 11 is 7.26. The van der Waals surface area contributed by atoms with E-state index in [0.29, 0.717) is 6.54 Å². The molecule has 0 radical (unpaired) electrons. The summed E-state index contributed by atoms with van der Waals surface area (Å²) in [4.78, 5) is 29.2. The molecule has 5 nitrogen and oxygen atoms in total. The largest absolute Gasteiger partial charge is 0.328 e. The number of nitrogens with zero attached hydrogens (tertiary/aromatic N) is 2. The Morgan fingerprint density at radius 2 is 2.28 bits per heavy atom. The zero-order valence-corrected chi connectivity index (χ0v) is 11.3. The van der Waals surface area contributed by atoms with Crippen LogP contribution in [0.4, 0.5) is 0 Å².